The Bertz CT molecular complexity index is 1220. The maximum absolute atomic E-state index is 12.7. The minimum absolute atomic E-state index is 0.223. The highest BCUT2D eigenvalue weighted by molar-refractivity contribution is 6.06. The number of rotatable bonds is 6. The van der Waals surface area contributed by atoms with Gasteiger partial charge in [-0.2, -0.15) is 0 Å². The van der Waals surface area contributed by atoms with Gasteiger partial charge in [-0.1, -0.05) is 37.3 Å². The Labute approximate surface area is 197 Å². The van der Waals surface area contributed by atoms with Crippen LogP contribution < -0.4 is 16.0 Å². The van der Waals surface area contributed by atoms with Gasteiger partial charge < -0.3 is 10.6 Å². The smallest absolute Gasteiger partial charge is 0.255 e. The van der Waals surface area contributed by atoms with Crippen molar-refractivity contribution < 1.29 is 19.2 Å². The number of anilines is 2. The summed E-state index contributed by atoms with van der Waals surface area (Å²) in [5, 5.41) is 8.08. The molecule has 0 saturated carbocycles. The summed E-state index contributed by atoms with van der Waals surface area (Å²) < 4.78 is 0. The number of benzene rings is 3. The summed E-state index contributed by atoms with van der Waals surface area (Å²) in [6, 6.07) is 22.6. The van der Waals surface area contributed by atoms with Crippen LogP contribution in [0.2, 0.25) is 0 Å². The highest BCUT2D eigenvalue weighted by atomic mass is 16.2. The number of nitrogens with one attached hydrogen (secondary N) is 3. The fraction of sp³-hybridized carbons (Fsp3) is 0.185. The predicted molar refractivity (Wildman–Crippen MR) is 130 cm³/mol. The molecule has 1 fully saturated rings. The van der Waals surface area contributed by atoms with E-state index >= 15 is 0 Å². The van der Waals surface area contributed by atoms with Crippen molar-refractivity contribution in [3.63, 3.8) is 0 Å². The molecule has 1 saturated heterocycles. The average molecular weight is 456 g/mol. The van der Waals surface area contributed by atoms with Gasteiger partial charge in [0.2, 0.25) is 11.8 Å². The average Bonchev–Trinajstić information content (AvgIpc) is 2.86. The van der Waals surface area contributed by atoms with E-state index in [-0.39, 0.29) is 23.6 Å². The van der Waals surface area contributed by atoms with E-state index in [0.29, 0.717) is 41.8 Å². The van der Waals surface area contributed by atoms with Gasteiger partial charge in [-0.3, -0.25) is 24.5 Å². The molecule has 34 heavy (non-hydrogen) atoms. The minimum Gasteiger partial charge on any atom is -0.322 e. The van der Waals surface area contributed by atoms with Gasteiger partial charge in [-0.25, -0.2) is 0 Å². The third-order valence-corrected chi connectivity index (χ3v) is 6.21. The molecule has 1 atom stereocenters. The Morgan fingerprint density at radius 2 is 1.32 bits per heavy atom. The predicted octanol–water partition coefficient (Wildman–Crippen LogP) is 4.28. The minimum atomic E-state index is -0.740. The van der Waals surface area contributed by atoms with Crippen LogP contribution in [0.4, 0.5) is 11.4 Å². The van der Waals surface area contributed by atoms with Crippen molar-refractivity contribution >= 4 is 35.0 Å². The maximum Gasteiger partial charge on any atom is 0.255 e. The monoisotopic (exact) mass is 455 g/mol. The molecule has 7 nitrogen and oxygen atoms in total. The Morgan fingerprint density at radius 1 is 0.794 bits per heavy atom. The van der Waals surface area contributed by atoms with E-state index in [1.165, 1.54) is 0 Å². The van der Waals surface area contributed by atoms with Gasteiger partial charge in [0.25, 0.3) is 11.8 Å². The van der Waals surface area contributed by atoms with Crippen molar-refractivity contribution in [2.75, 3.05) is 10.6 Å². The maximum atomic E-state index is 12.7. The molecular weight excluding hydrogens is 430 g/mol. The van der Waals surface area contributed by atoms with Gasteiger partial charge in [-0.05, 0) is 66.9 Å². The first-order chi connectivity index (χ1) is 16.4. The van der Waals surface area contributed by atoms with E-state index in [9.17, 15) is 19.2 Å². The molecule has 1 aliphatic heterocycles. The lowest BCUT2D eigenvalue weighted by Crippen LogP contribution is -2.51. The molecule has 3 aromatic rings. The Kier molecular flexibility index (Phi) is 6.54. The first-order valence-electron chi connectivity index (χ1n) is 11.1. The van der Waals surface area contributed by atoms with Gasteiger partial charge in [0.05, 0.1) is 5.41 Å². The highest BCUT2D eigenvalue weighted by Gasteiger charge is 2.42. The summed E-state index contributed by atoms with van der Waals surface area (Å²) in [6.07, 6.45) is 1.35. The van der Waals surface area contributed by atoms with E-state index in [2.05, 4.69) is 16.0 Å². The van der Waals surface area contributed by atoms with Crippen LogP contribution in [-0.2, 0) is 15.0 Å². The molecule has 3 aromatic carbocycles. The Balaban J connectivity index is 1.40. The molecule has 1 unspecified atom stereocenters. The molecular formula is C27H25N3O4. The van der Waals surface area contributed by atoms with Gasteiger partial charge in [-0.15, -0.1) is 0 Å². The van der Waals surface area contributed by atoms with E-state index in [1.54, 1.807) is 60.7 Å². The summed E-state index contributed by atoms with van der Waals surface area (Å²) in [5.41, 5.74) is 2.25. The first kappa shape index (κ1) is 22.9. The summed E-state index contributed by atoms with van der Waals surface area (Å²) in [7, 11) is 0. The van der Waals surface area contributed by atoms with E-state index in [4.69, 9.17) is 0 Å². The van der Waals surface area contributed by atoms with Crippen molar-refractivity contribution in [2.24, 2.45) is 0 Å². The number of amides is 4. The molecule has 4 amide bonds. The van der Waals surface area contributed by atoms with Crippen LogP contribution in [0.1, 0.15) is 52.5 Å². The van der Waals surface area contributed by atoms with Crippen molar-refractivity contribution in [3.05, 3.63) is 95.6 Å². The molecule has 1 heterocycles. The zero-order valence-corrected chi connectivity index (χ0v) is 18.8. The first-order valence-corrected chi connectivity index (χ1v) is 11.1. The van der Waals surface area contributed by atoms with E-state index in [0.717, 1.165) is 5.56 Å². The normalized spacial score (nSPS) is 17.6. The van der Waals surface area contributed by atoms with Crippen LogP contribution in [0, 0.1) is 0 Å². The second-order valence-corrected chi connectivity index (χ2v) is 8.24. The third-order valence-electron chi connectivity index (χ3n) is 6.21. The van der Waals surface area contributed by atoms with Crippen LogP contribution in [0.3, 0.4) is 0 Å². The zero-order valence-electron chi connectivity index (χ0n) is 18.8. The highest BCUT2D eigenvalue weighted by Crippen LogP contribution is 2.36. The molecule has 0 aliphatic carbocycles. The number of imide groups is 1. The van der Waals surface area contributed by atoms with E-state index in [1.807, 2.05) is 25.1 Å². The lowest BCUT2D eigenvalue weighted by atomic mass is 9.72. The second kappa shape index (κ2) is 9.70. The van der Waals surface area contributed by atoms with Gasteiger partial charge in [0.15, 0.2) is 0 Å². The van der Waals surface area contributed by atoms with Crippen LogP contribution in [-0.4, -0.2) is 23.6 Å². The zero-order chi connectivity index (χ0) is 24.1. The van der Waals surface area contributed by atoms with Crippen molar-refractivity contribution in [1.82, 2.24) is 5.32 Å². The molecule has 172 valence electrons. The van der Waals surface area contributed by atoms with Crippen molar-refractivity contribution in [3.8, 4) is 0 Å². The number of piperidine rings is 1. The molecule has 4 rings (SSSR count). The summed E-state index contributed by atoms with van der Waals surface area (Å²) in [6.45, 7) is 1.93. The number of carbonyl (C=O) groups excluding carboxylic acids is 4. The topological polar surface area (TPSA) is 104 Å². The SMILES string of the molecule is CCC1(c2ccc(NC(=O)c3ccc(NC(=O)c4ccccc4)cc3)cc2)CCC(=O)NC1=O. The molecule has 0 bridgehead atoms. The fourth-order valence-electron chi connectivity index (χ4n) is 4.14. The Hall–Kier alpha value is -4.26. The molecule has 1 aliphatic rings. The van der Waals surface area contributed by atoms with Gasteiger partial charge >= 0.3 is 0 Å². The fourth-order valence-corrected chi connectivity index (χ4v) is 4.14. The largest absolute Gasteiger partial charge is 0.322 e. The lowest BCUT2D eigenvalue weighted by molar-refractivity contribution is -0.138. The second-order valence-electron chi connectivity index (χ2n) is 8.24. The van der Waals surface area contributed by atoms with Crippen LogP contribution in [0.25, 0.3) is 0 Å². The van der Waals surface area contributed by atoms with Gasteiger partial charge in [0, 0.05) is 28.9 Å². The van der Waals surface area contributed by atoms with Crippen LogP contribution in [0.5, 0.6) is 0 Å². The quantitative estimate of drug-likeness (QED) is 0.483. The molecule has 0 radical (unpaired) electrons. The van der Waals surface area contributed by atoms with Gasteiger partial charge in [0.1, 0.15) is 0 Å². The number of carbonyl (C=O) groups is 4. The lowest BCUT2D eigenvalue weighted by Gasteiger charge is -2.35. The summed E-state index contributed by atoms with van der Waals surface area (Å²) in [5.74, 6) is -1.04. The standard InChI is InChI=1S/C27H25N3O4/c1-2-27(17-16-23(31)30-26(27)34)20-10-14-22(15-11-20)29-25(33)19-8-12-21(13-9-19)28-24(32)18-6-4-3-5-7-18/h3-15H,2,16-17H2,1H3,(H,28,32)(H,29,33)(H,30,31,34). The van der Waals surface area contributed by atoms with Crippen molar-refractivity contribution in [2.45, 2.75) is 31.6 Å². The third kappa shape index (κ3) is 4.73. The van der Waals surface area contributed by atoms with Crippen molar-refractivity contribution in [1.29, 1.82) is 0 Å². The van der Waals surface area contributed by atoms with Crippen LogP contribution in [0.15, 0.2) is 78.9 Å². The number of hydrogen-bond donors (Lipinski definition) is 3. The molecule has 0 spiro atoms. The number of hydrogen-bond acceptors (Lipinski definition) is 4. The molecule has 3 N–H and O–H groups in total. The molecule has 0 aromatic heterocycles. The summed E-state index contributed by atoms with van der Waals surface area (Å²) in [4.78, 5) is 49.0. The molecule has 7 heteroatoms. The summed E-state index contributed by atoms with van der Waals surface area (Å²) >= 11 is 0. The van der Waals surface area contributed by atoms with Crippen LogP contribution >= 0.6 is 0 Å². The Morgan fingerprint density at radius 3 is 1.85 bits per heavy atom. The van der Waals surface area contributed by atoms with E-state index < -0.39 is 5.41 Å².